The van der Waals surface area contributed by atoms with Gasteiger partial charge in [-0.2, -0.15) is 0 Å². The Labute approximate surface area is 204 Å². The minimum absolute atomic E-state index is 0.487. The van der Waals surface area contributed by atoms with Crippen LogP contribution >= 0.6 is 0 Å². The van der Waals surface area contributed by atoms with Crippen molar-refractivity contribution in [2.45, 2.75) is 17.0 Å². The molecule has 6 rings (SSSR count). The Bertz CT molecular complexity index is 1330. The van der Waals surface area contributed by atoms with Crippen molar-refractivity contribution in [2.75, 3.05) is 0 Å². The molecule has 0 radical (unpaired) electrons. The fraction of sp³-hybridized carbons (Fsp3) is 0.0938. The normalized spacial score (nSPS) is 14.3. The molecule has 0 amide bonds. The van der Waals surface area contributed by atoms with Crippen LogP contribution in [-0.4, -0.2) is 3.21 Å². The molecule has 2 aliphatic carbocycles. The first kappa shape index (κ1) is 20.7. The molecule has 1 heteroatoms. The predicted octanol–water partition coefficient (Wildman–Crippen LogP) is 7.88. The van der Waals surface area contributed by atoms with Crippen LogP contribution in [0, 0.1) is 0 Å². The molecule has 0 N–H and O–H groups in total. The van der Waals surface area contributed by atoms with Crippen LogP contribution in [0.3, 0.4) is 0 Å². The summed E-state index contributed by atoms with van der Waals surface area (Å²) in [6, 6.07) is 40.6. The first-order chi connectivity index (χ1) is 16.3. The van der Waals surface area contributed by atoms with Gasteiger partial charge >= 0.3 is 205 Å². The van der Waals surface area contributed by atoms with E-state index in [4.69, 9.17) is 0 Å². The summed E-state index contributed by atoms with van der Waals surface area (Å²) >= 11 is -2.51. The molecule has 4 aromatic rings. The van der Waals surface area contributed by atoms with Crippen molar-refractivity contribution >= 4 is 3.21 Å². The number of benzene rings is 4. The van der Waals surface area contributed by atoms with Gasteiger partial charge in [-0.25, -0.2) is 0 Å². The van der Waals surface area contributed by atoms with Crippen molar-refractivity contribution in [3.05, 3.63) is 152 Å². The Balaban J connectivity index is 1.72. The molecule has 0 spiro atoms. The summed E-state index contributed by atoms with van der Waals surface area (Å²) in [6.45, 7) is 2.26. The fourth-order valence-corrected chi connectivity index (χ4v) is 14.8. The molecule has 0 unspecified atom stereocenters. The summed E-state index contributed by atoms with van der Waals surface area (Å²) in [6.07, 6.45) is 6.05. The van der Waals surface area contributed by atoms with E-state index in [1.165, 1.54) is 39.0 Å². The molecule has 4 aromatic carbocycles. The molecule has 0 saturated carbocycles. The number of hydrogen-bond donors (Lipinski definition) is 0. The third-order valence-electron chi connectivity index (χ3n) is 6.91. The van der Waals surface area contributed by atoms with E-state index < -0.39 is 21.3 Å². The van der Waals surface area contributed by atoms with Crippen LogP contribution in [0.1, 0.15) is 39.2 Å². The Hall–Kier alpha value is -2.89. The summed E-state index contributed by atoms with van der Waals surface area (Å²) in [5.74, 6) is 0. The minimum atomic E-state index is -2.51. The van der Waals surface area contributed by atoms with Crippen molar-refractivity contribution in [3.63, 3.8) is 0 Å². The van der Waals surface area contributed by atoms with E-state index in [1.54, 1.807) is 6.49 Å². The molecule has 2 aliphatic rings. The second-order valence-electron chi connectivity index (χ2n) is 8.95. The van der Waals surface area contributed by atoms with Gasteiger partial charge in [-0.05, 0) is 0 Å². The van der Waals surface area contributed by atoms with E-state index in [1.807, 2.05) is 0 Å². The molecular weight excluding hydrogens is 476 g/mol. The number of hydrogen-bond acceptors (Lipinski definition) is 0. The van der Waals surface area contributed by atoms with Crippen molar-refractivity contribution in [1.29, 1.82) is 0 Å². The Morgan fingerprint density at radius 3 is 1.61 bits per heavy atom. The van der Waals surface area contributed by atoms with E-state index in [0.29, 0.717) is 3.63 Å². The molecule has 0 bridgehead atoms. The van der Waals surface area contributed by atoms with Crippen molar-refractivity contribution in [1.82, 2.24) is 0 Å². The molecule has 0 saturated heterocycles. The van der Waals surface area contributed by atoms with Crippen LogP contribution < -0.4 is 0 Å². The zero-order valence-corrected chi connectivity index (χ0v) is 21.3. The second kappa shape index (κ2) is 8.81. The molecule has 0 aromatic heterocycles. The second-order valence-corrected chi connectivity index (χ2v) is 15.2. The zero-order chi connectivity index (χ0) is 22.2. The van der Waals surface area contributed by atoms with E-state index in [2.05, 4.69) is 128 Å². The summed E-state index contributed by atoms with van der Waals surface area (Å²) in [5, 5.41) is 0. The maximum absolute atomic E-state index is 2.52. The van der Waals surface area contributed by atoms with Gasteiger partial charge in [0.1, 0.15) is 0 Å². The van der Waals surface area contributed by atoms with Crippen LogP contribution in [0.5, 0.6) is 0 Å². The first-order valence-electron chi connectivity index (χ1n) is 11.7. The molecule has 0 nitrogen and oxygen atoms in total. The van der Waals surface area contributed by atoms with Gasteiger partial charge in [0, 0.05) is 0 Å². The average molecular weight is 502 g/mol. The Morgan fingerprint density at radius 2 is 1.12 bits per heavy atom. The van der Waals surface area contributed by atoms with Crippen molar-refractivity contribution in [3.8, 4) is 11.1 Å². The molecular formula is C32H26Zr. The third-order valence-corrected chi connectivity index (χ3v) is 15.2. The fourth-order valence-electron chi connectivity index (χ4n) is 5.50. The van der Waals surface area contributed by atoms with E-state index in [0.717, 1.165) is 6.42 Å². The van der Waals surface area contributed by atoms with Crippen molar-refractivity contribution < 1.29 is 21.3 Å². The van der Waals surface area contributed by atoms with E-state index in [9.17, 15) is 0 Å². The van der Waals surface area contributed by atoms with Crippen LogP contribution in [-0.2, 0) is 21.3 Å². The van der Waals surface area contributed by atoms with Crippen molar-refractivity contribution in [2.24, 2.45) is 0 Å². The molecule has 0 aliphatic heterocycles. The predicted molar refractivity (Wildman–Crippen MR) is 136 cm³/mol. The molecule has 0 heterocycles. The van der Waals surface area contributed by atoms with Crippen LogP contribution in [0.25, 0.3) is 11.1 Å². The Kier molecular flexibility index (Phi) is 5.52. The van der Waals surface area contributed by atoms with Gasteiger partial charge in [0.05, 0.1) is 0 Å². The SMILES string of the molecule is CC1=CC[C]([Zr](=[C](c2ccccc2)c2ccccc2)[CH]2c3ccccc3-c3ccccc32)=C1. The number of allylic oxidation sites excluding steroid dienone is 4. The van der Waals surface area contributed by atoms with Gasteiger partial charge in [0.2, 0.25) is 0 Å². The Morgan fingerprint density at radius 1 is 0.636 bits per heavy atom. The van der Waals surface area contributed by atoms with Gasteiger partial charge in [-0.15, -0.1) is 0 Å². The molecule has 0 fully saturated rings. The van der Waals surface area contributed by atoms with Gasteiger partial charge < -0.3 is 0 Å². The summed E-state index contributed by atoms with van der Waals surface area (Å²) < 4.78 is 3.80. The summed E-state index contributed by atoms with van der Waals surface area (Å²) in [5.41, 5.74) is 10.1. The van der Waals surface area contributed by atoms with E-state index >= 15 is 0 Å². The number of rotatable bonds is 4. The first-order valence-corrected chi connectivity index (χ1v) is 15.6. The van der Waals surface area contributed by atoms with Gasteiger partial charge in [-0.1, -0.05) is 0 Å². The van der Waals surface area contributed by atoms with Gasteiger partial charge in [-0.3, -0.25) is 0 Å². The van der Waals surface area contributed by atoms with Crippen LogP contribution in [0.4, 0.5) is 0 Å². The average Bonchev–Trinajstić information content (AvgIpc) is 3.45. The standard InChI is InChI=1S/C13H9.C13H10.C6H7.Zr/c1-3-7-12-10(5-1)9-11-6-2-4-8-13(11)12;1-3-7-12(8-4-1)11-13-9-5-2-6-10-13;1-6-4-2-3-5-6;/h1-9H;1-10H;4-5H,2H2,1H3;. The van der Waals surface area contributed by atoms with Crippen LogP contribution in [0.15, 0.2) is 130 Å². The zero-order valence-electron chi connectivity index (χ0n) is 18.8. The maximum atomic E-state index is 2.52. The monoisotopic (exact) mass is 500 g/mol. The molecule has 158 valence electrons. The summed E-state index contributed by atoms with van der Waals surface area (Å²) in [4.78, 5) is 0. The quantitative estimate of drug-likeness (QED) is 0.267. The number of fused-ring (bicyclic) bond motifs is 3. The van der Waals surface area contributed by atoms with Gasteiger partial charge in [0.15, 0.2) is 0 Å². The van der Waals surface area contributed by atoms with Gasteiger partial charge in [0.25, 0.3) is 0 Å². The third kappa shape index (κ3) is 3.69. The summed E-state index contributed by atoms with van der Waals surface area (Å²) in [7, 11) is 0. The van der Waals surface area contributed by atoms with E-state index in [-0.39, 0.29) is 0 Å². The topological polar surface area (TPSA) is 0 Å². The molecule has 33 heavy (non-hydrogen) atoms. The molecule has 0 atom stereocenters. The van der Waals surface area contributed by atoms with Crippen LogP contribution in [0.2, 0.25) is 0 Å².